The maximum absolute atomic E-state index is 11.2. The van der Waals surface area contributed by atoms with Gasteiger partial charge in [0.05, 0.1) is 28.1 Å². The summed E-state index contributed by atoms with van der Waals surface area (Å²) in [5.74, 6) is 11.0. The van der Waals surface area contributed by atoms with Crippen LogP contribution in [-0.4, -0.2) is 48.7 Å². The molecule has 0 aliphatic rings. The zero-order chi connectivity index (χ0) is 29.9. The van der Waals surface area contributed by atoms with E-state index in [4.69, 9.17) is 5.73 Å². The van der Waals surface area contributed by atoms with E-state index in [1.807, 2.05) is 49.5 Å². The highest BCUT2D eigenvalue weighted by molar-refractivity contribution is 8.13. The number of nitrogens with zero attached hydrogens (tertiary/aromatic N) is 4. The summed E-state index contributed by atoms with van der Waals surface area (Å²) in [5, 5.41) is 8.54. The summed E-state index contributed by atoms with van der Waals surface area (Å²) in [4.78, 5) is 2.06. The summed E-state index contributed by atoms with van der Waals surface area (Å²) in [6, 6.07) is 0. The van der Waals surface area contributed by atoms with Crippen LogP contribution in [0.15, 0.2) is 34.6 Å². The molecule has 0 spiro atoms. The van der Waals surface area contributed by atoms with Crippen LogP contribution in [0.4, 0.5) is 0 Å². The van der Waals surface area contributed by atoms with Crippen molar-refractivity contribution in [2.75, 3.05) is 19.1 Å². The summed E-state index contributed by atoms with van der Waals surface area (Å²) < 4.78 is 15.1. The fourth-order valence-corrected chi connectivity index (χ4v) is 4.32. The van der Waals surface area contributed by atoms with Gasteiger partial charge in [-0.3, -0.25) is 13.6 Å². The van der Waals surface area contributed by atoms with Crippen molar-refractivity contribution in [3.05, 3.63) is 24.8 Å². The average molecular weight is 582 g/mol. The maximum Gasteiger partial charge on any atom is 0.0764 e. The second-order valence-corrected chi connectivity index (χ2v) is 12.3. The molecular formula is C31H59N5OS2. The molecule has 2 unspecified atom stereocenters. The van der Waals surface area contributed by atoms with Crippen LogP contribution in [-0.2, 0) is 23.9 Å². The van der Waals surface area contributed by atoms with Crippen LogP contribution in [0.2, 0.25) is 0 Å². The Morgan fingerprint density at radius 3 is 1.72 bits per heavy atom. The summed E-state index contributed by atoms with van der Waals surface area (Å²) >= 11 is 0. The van der Waals surface area contributed by atoms with Crippen LogP contribution in [0, 0.1) is 17.8 Å². The van der Waals surface area contributed by atoms with Crippen molar-refractivity contribution in [3.8, 4) is 11.8 Å². The van der Waals surface area contributed by atoms with E-state index in [2.05, 4.69) is 54.2 Å². The number of hydrogen-bond donors (Lipinski definition) is 1. The van der Waals surface area contributed by atoms with Gasteiger partial charge in [-0.2, -0.15) is 20.7 Å². The van der Waals surface area contributed by atoms with Gasteiger partial charge in [-0.1, -0.05) is 79.5 Å². The molecule has 2 rings (SSSR count). The minimum absolute atomic E-state index is 0.0766. The number of rotatable bonds is 15. The first-order valence-electron chi connectivity index (χ1n) is 14.9. The van der Waals surface area contributed by atoms with Gasteiger partial charge >= 0.3 is 0 Å². The average Bonchev–Trinajstić information content (AvgIpc) is 3.61. The van der Waals surface area contributed by atoms with Crippen molar-refractivity contribution in [2.45, 2.75) is 129 Å². The van der Waals surface area contributed by atoms with Crippen molar-refractivity contribution >= 4 is 27.2 Å². The lowest BCUT2D eigenvalue weighted by molar-refractivity contribution is 0.529. The fraction of sp³-hybridized carbons (Fsp3) is 0.710. The maximum atomic E-state index is 11.2. The minimum Gasteiger partial charge on any atom is -0.330 e. The third-order valence-electron chi connectivity index (χ3n) is 5.37. The van der Waals surface area contributed by atoms with Crippen LogP contribution in [0.25, 0.3) is 0 Å². The normalized spacial score (nSPS) is 11.5. The topological polar surface area (TPSA) is 78.7 Å². The van der Waals surface area contributed by atoms with Crippen LogP contribution in [0.5, 0.6) is 0 Å². The molecule has 8 heteroatoms. The highest BCUT2D eigenvalue weighted by Crippen LogP contribution is 2.19. The molecule has 0 bridgehead atoms. The second kappa shape index (κ2) is 27.9. The number of unbranched alkanes of at least 4 members (excludes halogenated alkanes) is 8. The molecule has 39 heavy (non-hydrogen) atoms. The van der Waals surface area contributed by atoms with E-state index >= 15 is 0 Å². The van der Waals surface area contributed by atoms with Crippen LogP contribution in [0.1, 0.15) is 106 Å². The molecule has 0 aliphatic heterocycles. The van der Waals surface area contributed by atoms with Gasteiger partial charge in [0, 0.05) is 49.0 Å². The van der Waals surface area contributed by atoms with Gasteiger partial charge in [0.1, 0.15) is 0 Å². The Bertz CT molecular complexity index is 925. The molecule has 2 atom stereocenters. The number of hydrogen-bond acceptors (Lipinski definition) is 4. The van der Waals surface area contributed by atoms with Crippen molar-refractivity contribution in [2.24, 2.45) is 11.7 Å². The van der Waals surface area contributed by atoms with Gasteiger partial charge in [-0.15, -0.1) is 11.8 Å². The van der Waals surface area contributed by atoms with E-state index in [0.29, 0.717) is 5.92 Å². The molecule has 0 aromatic carbocycles. The van der Waals surface area contributed by atoms with E-state index in [9.17, 15) is 4.21 Å². The molecule has 0 radical (unpaired) electrons. The smallest absolute Gasteiger partial charge is 0.0764 e. The van der Waals surface area contributed by atoms with Crippen molar-refractivity contribution < 1.29 is 4.21 Å². The van der Waals surface area contributed by atoms with Crippen LogP contribution < -0.4 is 5.73 Å². The predicted octanol–water partition coefficient (Wildman–Crippen LogP) is 7.76. The van der Waals surface area contributed by atoms with Gasteiger partial charge < -0.3 is 5.73 Å². The summed E-state index contributed by atoms with van der Waals surface area (Å²) in [7, 11) is -0.840. The fourth-order valence-electron chi connectivity index (χ4n) is 3.33. The molecule has 226 valence electrons. The van der Waals surface area contributed by atoms with Gasteiger partial charge in [-0.25, -0.2) is 0 Å². The Hall–Kier alpha value is -1.69. The molecule has 2 heterocycles. The van der Waals surface area contributed by atoms with Crippen molar-refractivity contribution in [1.82, 2.24) is 19.6 Å². The molecule has 0 fully saturated rings. The predicted molar refractivity (Wildman–Crippen MR) is 176 cm³/mol. The van der Waals surface area contributed by atoms with Gasteiger partial charge in [0.15, 0.2) is 0 Å². The molecule has 2 aromatic heterocycles. The van der Waals surface area contributed by atoms with E-state index in [1.165, 1.54) is 49.8 Å². The van der Waals surface area contributed by atoms with Gasteiger partial charge in [0.25, 0.3) is 0 Å². The molecule has 2 aromatic rings. The third kappa shape index (κ3) is 22.8. The van der Waals surface area contributed by atoms with E-state index in [-0.39, 0.29) is 10.5 Å². The molecule has 0 amide bonds. The van der Waals surface area contributed by atoms with E-state index in [0.717, 1.165) is 43.8 Å². The van der Waals surface area contributed by atoms with Gasteiger partial charge in [0.2, 0.25) is 0 Å². The quantitative estimate of drug-likeness (QED) is 0.132. The Morgan fingerprint density at radius 1 is 0.821 bits per heavy atom. The molecule has 0 saturated carbocycles. The van der Waals surface area contributed by atoms with Crippen molar-refractivity contribution in [1.29, 1.82) is 0 Å². The van der Waals surface area contributed by atoms with E-state index < -0.39 is 10.8 Å². The van der Waals surface area contributed by atoms with Crippen LogP contribution in [0.3, 0.4) is 0 Å². The highest BCUT2D eigenvalue weighted by atomic mass is 32.2. The lowest BCUT2D eigenvalue weighted by Crippen LogP contribution is -1.99. The van der Waals surface area contributed by atoms with Crippen LogP contribution >= 0.6 is 10.5 Å². The SMILES string of the molecule is C=S(C)c1cnn(CCCCCCC#CC(C)C)c1.CC.CC.CS(=O)c1cnn(CCCCCCCN)c1. The first-order valence-corrected chi connectivity index (χ1v) is 18.2. The van der Waals surface area contributed by atoms with Gasteiger partial charge in [-0.05, 0) is 38.5 Å². The first kappa shape index (κ1) is 39.5. The second-order valence-electron chi connectivity index (χ2n) is 9.17. The lowest BCUT2D eigenvalue weighted by atomic mass is 10.1. The Kier molecular flexibility index (Phi) is 28.2. The standard InChI is InChI=1S/C16H26N2S.C11H21N3OS.2C2H6/c1-15(2)11-9-7-5-6-8-10-12-18-14-16(13-17-18)19(3)4;1-16(15)11-9-13-14(10-11)8-6-4-2-3-5-7-12;2*1-2/h13-15H,3,5-8,10,12H2,1-2,4H3;9-10H,2-8,12H2,1H3;2*1-2H3. The minimum atomic E-state index is -0.917. The largest absolute Gasteiger partial charge is 0.330 e. The number of nitrogens with two attached hydrogens (primary N) is 1. The summed E-state index contributed by atoms with van der Waals surface area (Å²) in [6.07, 6.45) is 23.4. The number of aryl methyl sites for hydroxylation is 2. The molecule has 0 aliphatic carbocycles. The molecule has 0 saturated heterocycles. The zero-order valence-electron chi connectivity index (χ0n) is 26.4. The monoisotopic (exact) mass is 581 g/mol. The Labute approximate surface area is 246 Å². The van der Waals surface area contributed by atoms with Crippen molar-refractivity contribution in [3.63, 3.8) is 0 Å². The summed E-state index contributed by atoms with van der Waals surface area (Å²) in [6.45, 7) is 15.0. The Morgan fingerprint density at radius 2 is 1.28 bits per heavy atom. The molecular weight excluding hydrogens is 523 g/mol. The lowest BCUT2D eigenvalue weighted by Gasteiger charge is -2.01. The zero-order valence-corrected chi connectivity index (χ0v) is 28.0. The first-order chi connectivity index (χ1) is 18.8. The molecule has 6 nitrogen and oxygen atoms in total. The number of aromatic nitrogens is 4. The highest BCUT2D eigenvalue weighted by Gasteiger charge is 2.01. The molecule has 2 N–H and O–H groups in total. The third-order valence-corrected chi connectivity index (χ3v) is 7.26. The summed E-state index contributed by atoms with van der Waals surface area (Å²) in [5.41, 5.74) is 5.42. The Balaban J connectivity index is 0. The van der Waals surface area contributed by atoms with E-state index in [1.54, 1.807) is 12.5 Å².